The molecular weight excluding hydrogens is 330 g/mol. The molecule has 0 fully saturated rings. The van der Waals surface area contributed by atoms with Crippen LogP contribution in [0.15, 0.2) is 42.5 Å². The molecule has 2 rings (SSSR count). The van der Waals surface area contributed by atoms with E-state index >= 15 is 0 Å². The largest absolute Gasteiger partial charge is 0.508 e. The molecule has 21 heavy (non-hydrogen) atoms. The van der Waals surface area contributed by atoms with Crippen molar-refractivity contribution < 1.29 is 9.90 Å². The maximum absolute atomic E-state index is 12.3. The zero-order valence-corrected chi connectivity index (χ0v) is 13.5. The summed E-state index contributed by atoms with van der Waals surface area (Å²) < 4.78 is 0. The smallest absolute Gasteiger partial charge is 0.255 e. The number of phenols is 1. The van der Waals surface area contributed by atoms with Crippen LogP contribution in [0.2, 0.25) is 0 Å². The number of aryl methyl sites for hydroxylation is 2. The minimum Gasteiger partial charge on any atom is -0.508 e. The number of carbonyl (C=O) groups is 1. The maximum atomic E-state index is 12.3. The van der Waals surface area contributed by atoms with Gasteiger partial charge in [0, 0.05) is 16.6 Å². The van der Waals surface area contributed by atoms with E-state index in [4.69, 9.17) is 0 Å². The monoisotopic (exact) mass is 347 g/mol. The molecule has 0 saturated carbocycles. The molecule has 0 bridgehead atoms. The Morgan fingerprint density at radius 1 is 1.24 bits per heavy atom. The van der Waals surface area contributed by atoms with Crippen LogP contribution in [-0.2, 0) is 6.42 Å². The average molecular weight is 348 g/mol. The number of alkyl halides is 1. The predicted molar refractivity (Wildman–Crippen MR) is 89.4 cm³/mol. The quantitative estimate of drug-likeness (QED) is 0.793. The topological polar surface area (TPSA) is 49.3 Å². The summed E-state index contributed by atoms with van der Waals surface area (Å²) >= 11 is 3.42. The van der Waals surface area contributed by atoms with Crippen molar-refractivity contribution in [3.63, 3.8) is 0 Å². The number of benzene rings is 2. The zero-order valence-electron chi connectivity index (χ0n) is 11.9. The molecule has 0 radical (unpaired) electrons. The lowest BCUT2D eigenvalue weighted by Gasteiger charge is -2.09. The molecule has 0 atom stereocenters. The second kappa shape index (κ2) is 7.27. The normalized spacial score (nSPS) is 10.4. The molecule has 0 aliphatic carbocycles. The van der Waals surface area contributed by atoms with Gasteiger partial charge in [0.25, 0.3) is 5.91 Å². The molecule has 0 aromatic heterocycles. The summed E-state index contributed by atoms with van der Waals surface area (Å²) in [4.78, 5) is 12.3. The highest BCUT2D eigenvalue weighted by Crippen LogP contribution is 2.18. The molecule has 0 aliphatic rings. The van der Waals surface area contributed by atoms with Crippen LogP contribution in [0.25, 0.3) is 0 Å². The highest BCUT2D eigenvalue weighted by atomic mass is 79.9. The summed E-state index contributed by atoms with van der Waals surface area (Å²) in [7, 11) is 0. The number of hydrogen-bond acceptors (Lipinski definition) is 2. The number of halogens is 1. The van der Waals surface area contributed by atoms with Gasteiger partial charge in [-0.25, -0.2) is 0 Å². The summed E-state index contributed by atoms with van der Waals surface area (Å²) in [6, 6.07) is 12.6. The van der Waals surface area contributed by atoms with E-state index < -0.39 is 0 Å². The number of aromatic hydroxyl groups is 1. The van der Waals surface area contributed by atoms with E-state index in [0.29, 0.717) is 5.56 Å². The van der Waals surface area contributed by atoms with E-state index in [1.54, 1.807) is 19.1 Å². The number of rotatable bonds is 5. The van der Waals surface area contributed by atoms with Crippen molar-refractivity contribution in [1.82, 2.24) is 0 Å². The summed E-state index contributed by atoms with van der Waals surface area (Å²) in [6.45, 7) is 1.81. The third kappa shape index (κ3) is 4.33. The molecule has 4 heteroatoms. The molecule has 2 aromatic rings. The van der Waals surface area contributed by atoms with Crippen molar-refractivity contribution in [2.75, 3.05) is 10.6 Å². The summed E-state index contributed by atoms with van der Waals surface area (Å²) in [5.74, 6) is 0.00552. The number of hydrogen-bond donors (Lipinski definition) is 2. The third-order valence-electron chi connectivity index (χ3n) is 3.24. The Hall–Kier alpha value is -1.81. The Balaban J connectivity index is 2.12. The van der Waals surface area contributed by atoms with Crippen molar-refractivity contribution in [2.24, 2.45) is 0 Å². The van der Waals surface area contributed by atoms with Crippen molar-refractivity contribution in [2.45, 2.75) is 19.8 Å². The zero-order chi connectivity index (χ0) is 15.2. The minimum absolute atomic E-state index is 0.162. The molecule has 0 aliphatic heterocycles. The fraction of sp³-hybridized carbons (Fsp3) is 0.235. The molecular formula is C17H18BrNO2. The van der Waals surface area contributed by atoms with E-state index in [9.17, 15) is 9.90 Å². The number of carbonyl (C=O) groups excluding carboxylic acids is 1. The van der Waals surface area contributed by atoms with Gasteiger partial charge in [0.1, 0.15) is 5.75 Å². The van der Waals surface area contributed by atoms with Crippen molar-refractivity contribution in [1.29, 1.82) is 0 Å². The van der Waals surface area contributed by atoms with Gasteiger partial charge in [-0.1, -0.05) is 28.1 Å². The lowest BCUT2D eigenvalue weighted by Crippen LogP contribution is -2.13. The van der Waals surface area contributed by atoms with Gasteiger partial charge in [0.15, 0.2) is 0 Å². The summed E-state index contributed by atoms with van der Waals surface area (Å²) in [5, 5.41) is 13.3. The predicted octanol–water partition coefficient (Wildman–Crippen LogP) is 4.28. The molecule has 110 valence electrons. The van der Waals surface area contributed by atoms with Crippen LogP contribution in [0.4, 0.5) is 5.69 Å². The molecule has 2 aromatic carbocycles. The van der Waals surface area contributed by atoms with Gasteiger partial charge in [-0.15, -0.1) is 0 Å². The first-order valence-electron chi connectivity index (χ1n) is 6.86. The fourth-order valence-corrected chi connectivity index (χ4v) is 2.46. The number of anilines is 1. The van der Waals surface area contributed by atoms with Gasteiger partial charge in [-0.05, 0) is 61.2 Å². The Morgan fingerprint density at radius 3 is 2.76 bits per heavy atom. The fourth-order valence-electron chi connectivity index (χ4n) is 2.18. The third-order valence-corrected chi connectivity index (χ3v) is 3.80. The first-order chi connectivity index (χ1) is 10.1. The lowest BCUT2D eigenvalue weighted by atomic mass is 10.1. The van der Waals surface area contributed by atoms with Crippen molar-refractivity contribution >= 4 is 27.5 Å². The van der Waals surface area contributed by atoms with E-state index in [-0.39, 0.29) is 11.7 Å². The molecule has 3 nitrogen and oxygen atoms in total. The molecule has 0 heterocycles. The van der Waals surface area contributed by atoms with Gasteiger partial charge in [0.05, 0.1) is 0 Å². The van der Waals surface area contributed by atoms with E-state index in [1.165, 1.54) is 11.6 Å². The molecule has 0 unspecified atom stereocenters. The van der Waals surface area contributed by atoms with Crippen molar-refractivity contribution in [3.05, 3.63) is 59.2 Å². The Morgan fingerprint density at radius 2 is 2.05 bits per heavy atom. The average Bonchev–Trinajstić information content (AvgIpc) is 2.45. The SMILES string of the molecule is Cc1cc(O)ccc1C(=O)Nc1cccc(CCCBr)c1. The van der Waals surface area contributed by atoms with Crippen LogP contribution in [0, 0.1) is 6.92 Å². The summed E-state index contributed by atoms with van der Waals surface area (Å²) in [5.41, 5.74) is 3.32. The van der Waals surface area contributed by atoms with Gasteiger partial charge in [0.2, 0.25) is 0 Å². The highest BCUT2D eigenvalue weighted by molar-refractivity contribution is 9.09. The minimum atomic E-state index is -0.162. The van der Waals surface area contributed by atoms with Crippen LogP contribution < -0.4 is 5.32 Å². The number of phenolic OH excluding ortho intramolecular Hbond substituents is 1. The standard InChI is InChI=1S/C17H18BrNO2/c1-12-10-15(20)7-8-16(12)17(21)19-14-6-2-4-13(11-14)5-3-9-18/h2,4,6-8,10-11,20H,3,5,9H2,1H3,(H,19,21). The first kappa shape index (κ1) is 15.6. The molecule has 0 saturated heterocycles. The molecule has 2 N–H and O–H groups in total. The van der Waals surface area contributed by atoms with E-state index in [0.717, 1.165) is 29.4 Å². The van der Waals surface area contributed by atoms with Crippen LogP contribution in [-0.4, -0.2) is 16.3 Å². The number of amides is 1. The van der Waals surface area contributed by atoms with Gasteiger partial charge >= 0.3 is 0 Å². The van der Waals surface area contributed by atoms with Gasteiger partial charge in [-0.2, -0.15) is 0 Å². The van der Waals surface area contributed by atoms with Crippen LogP contribution in [0.3, 0.4) is 0 Å². The second-order valence-electron chi connectivity index (χ2n) is 4.95. The van der Waals surface area contributed by atoms with Crippen LogP contribution in [0.5, 0.6) is 5.75 Å². The Kier molecular flexibility index (Phi) is 5.39. The Labute approximate surface area is 133 Å². The second-order valence-corrected chi connectivity index (χ2v) is 5.74. The highest BCUT2D eigenvalue weighted by Gasteiger charge is 2.10. The summed E-state index contributed by atoms with van der Waals surface area (Å²) in [6.07, 6.45) is 2.04. The van der Waals surface area contributed by atoms with Crippen LogP contribution >= 0.6 is 15.9 Å². The van der Waals surface area contributed by atoms with Crippen molar-refractivity contribution in [3.8, 4) is 5.75 Å². The lowest BCUT2D eigenvalue weighted by molar-refractivity contribution is 0.102. The number of nitrogens with one attached hydrogen (secondary N) is 1. The van der Waals surface area contributed by atoms with Gasteiger partial charge < -0.3 is 10.4 Å². The molecule has 1 amide bonds. The maximum Gasteiger partial charge on any atom is 0.255 e. The van der Waals surface area contributed by atoms with Crippen LogP contribution in [0.1, 0.15) is 27.9 Å². The van der Waals surface area contributed by atoms with Gasteiger partial charge in [-0.3, -0.25) is 4.79 Å². The van der Waals surface area contributed by atoms with E-state index in [1.807, 2.05) is 18.2 Å². The van der Waals surface area contributed by atoms with E-state index in [2.05, 4.69) is 27.3 Å². The Bertz CT molecular complexity index is 640. The first-order valence-corrected chi connectivity index (χ1v) is 7.98. The molecule has 0 spiro atoms.